The van der Waals surface area contributed by atoms with E-state index in [1.54, 1.807) is 19.0 Å². The number of ether oxygens (including phenoxy) is 1. The third kappa shape index (κ3) is 9.28. The summed E-state index contributed by atoms with van der Waals surface area (Å²) >= 11 is 12.7. The van der Waals surface area contributed by atoms with E-state index in [1.165, 1.54) is 0 Å². The number of amidine groups is 1. The van der Waals surface area contributed by atoms with Crippen LogP contribution in [0.4, 0.5) is 4.79 Å². The van der Waals surface area contributed by atoms with Crippen LogP contribution >= 0.6 is 35.6 Å². The summed E-state index contributed by atoms with van der Waals surface area (Å²) in [5, 5.41) is 1.25. The number of hydrogen-bond donors (Lipinski definition) is 0. The normalized spacial score (nSPS) is 18.2. The Bertz CT molecular complexity index is 1610. The van der Waals surface area contributed by atoms with Gasteiger partial charge in [-0.2, -0.15) is 0 Å². The Labute approximate surface area is 308 Å². The molecule has 8 nitrogen and oxygen atoms in total. The van der Waals surface area contributed by atoms with Gasteiger partial charge < -0.3 is 14.5 Å². The summed E-state index contributed by atoms with van der Waals surface area (Å²) < 4.78 is 6.25. The van der Waals surface area contributed by atoms with Gasteiger partial charge in [0.2, 0.25) is 5.91 Å². The number of hydrogen-bond acceptors (Lipinski definition) is 5. The van der Waals surface area contributed by atoms with Crippen molar-refractivity contribution in [2.45, 2.75) is 59.0 Å². The average molecular weight is 731 g/mol. The molecule has 2 aliphatic rings. The van der Waals surface area contributed by atoms with E-state index in [0.717, 1.165) is 35.2 Å². The average Bonchev–Trinajstić information content (AvgIpc) is 3.27. The van der Waals surface area contributed by atoms with Crippen LogP contribution < -0.4 is 4.74 Å². The lowest BCUT2D eigenvalue weighted by Gasteiger charge is -2.34. The van der Waals surface area contributed by atoms with Crippen LogP contribution in [0.3, 0.4) is 0 Å². The van der Waals surface area contributed by atoms with Gasteiger partial charge in [0.25, 0.3) is 0 Å². The summed E-state index contributed by atoms with van der Waals surface area (Å²) in [7, 11) is 3.53. The fourth-order valence-electron chi connectivity index (χ4n) is 6.11. The molecule has 0 aliphatic carbocycles. The zero-order valence-corrected chi connectivity index (χ0v) is 30.9. The zero-order valence-electron chi connectivity index (χ0n) is 28.6. The van der Waals surface area contributed by atoms with Gasteiger partial charge in [-0.05, 0) is 71.8 Å². The van der Waals surface area contributed by atoms with E-state index >= 15 is 0 Å². The van der Waals surface area contributed by atoms with E-state index < -0.39 is 12.1 Å². The molecule has 0 unspecified atom stereocenters. The zero-order chi connectivity index (χ0) is 33.9. The molecule has 0 N–H and O–H groups in total. The molecule has 1 fully saturated rings. The van der Waals surface area contributed by atoms with Crippen LogP contribution in [-0.2, 0) is 10.2 Å². The number of carbonyl (C=O) groups is 2. The number of aliphatic imine (C=N–C) groups is 1. The molecule has 49 heavy (non-hydrogen) atoms. The molecule has 3 amide bonds. The fourth-order valence-corrected chi connectivity index (χ4v) is 6.36. The number of urea groups is 1. The van der Waals surface area contributed by atoms with Gasteiger partial charge in [-0.15, -0.1) is 12.4 Å². The highest BCUT2D eigenvalue weighted by atomic mass is 35.5. The Balaban J connectivity index is 0.00000325. The molecule has 3 aromatic rings. The second-order valence-corrected chi connectivity index (χ2v) is 14.3. The van der Waals surface area contributed by atoms with E-state index in [1.807, 2.05) is 71.3 Å². The second-order valence-electron chi connectivity index (χ2n) is 13.4. The van der Waals surface area contributed by atoms with Gasteiger partial charge in [-0.3, -0.25) is 19.6 Å². The van der Waals surface area contributed by atoms with Crippen molar-refractivity contribution in [2.24, 2.45) is 4.99 Å². The van der Waals surface area contributed by atoms with Crippen molar-refractivity contribution in [3.05, 3.63) is 99.0 Å². The Kier molecular flexibility index (Phi) is 14.0. The number of benzene rings is 3. The Morgan fingerprint density at radius 2 is 1.51 bits per heavy atom. The second kappa shape index (κ2) is 17.1. The lowest BCUT2D eigenvalue weighted by molar-refractivity contribution is -0.129. The van der Waals surface area contributed by atoms with Crippen LogP contribution in [0.15, 0.2) is 71.7 Å². The molecule has 0 saturated carbocycles. The van der Waals surface area contributed by atoms with Crippen LogP contribution in [0.5, 0.6) is 5.75 Å². The fraction of sp³-hybridized carbons (Fsp3) is 0.447. The molecular weight excluding hydrogens is 681 g/mol. The number of rotatable bonds is 7. The maximum absolute atomic E-state index is 14.9. The van der Waals surface area contributed by atoms with Crippen molar-refractivity contribution in [1.29, 1.82) is 0 Å². The summed E-state index contributed by atoms with van der Waals surface area (Å²) in [4.78, 5) is 40.2. The van der Waals surface area contributed by atoms with Gasteiger partial charge in [0.05, 0.1) is 24.8 Å². The number of carbonyl (C=O) groups excluding carboxylic acids is 2. The van der Waals surface area contributed by atoms with Crippen molar-refractivity contribution < 1.29 is 14.3 Å². The quantitative estimate of drug-likeness (QED) is 0.245. The molecule has 0 aromatic heterocycles. The first kappa shape index (κ1) is 40.1. The first-order chi connectivity index (χ1) is 22.4. The lowest BCUT2D eigenvalue weighted by atomic mass is 9.86. The molecule has 0 spiro atoms. The van der Waals surface area contributed by atoms with Crippen molar-refractivity contribution in [1.82, 2.24) is 19.6 Å². The Morgan fingerprint density at radius 1 is 0.898 bits per heavy atom. The topological polar surface area (TPSA) is 68.7 Å². The third-order valence-electron chi connectivity index (χ3n) is 8.80. The van der Waals surface area contributed by atoms with Gasteiger partial charge >= 0.3 is 6.03 Å². The summed E-state index contributed by atoms with van der Waals surface area (Å²) in [5.41, 5.74) is 3.65. The minimum atomic E-state index is -0.456. The molecule has 1 saturated heterocycles. The van der Waals surface area contributed by atoms with Gasteiger partial charge in [-0.25, -0.2) is 4.79 Å². The van der Waals surface area contributed by atoms with E-state index in [-0.39, 0.29) is 37.2 Å². The number of nitrogens with zero attached hydrogens (tertiary/aromatic N) is 5. The minimum absolute atomic E-state index is 0. The van der Waals surface area contributed by atoms with Crippen LogP contribution in [0.25, 0.3) is 0 Å². The van der Waals surface area contributed by atoms with Gasteiger partial charge in [-0.1, -0.05) is 81.7 Å². The number of amides is 3. The molecule has 0 radical (unpaired) electrons. The molecule has 5 rings (SSSR count). The predicted octanol–water partition coefficient (Wildman–Crippen LogP) is 8.51. The monoisotopic (exact) mass is 729 g/mol. The van der Waals surface area contributed by atoms with Crippen molar-refractivity contribution in [3.8, 4) is 5.75 Å². The summed E-state index contributed by atoms with van der Waals surface area (Å²) in [6.07, 6.45) is 0.753. The van der Waals surface area contributed by atoms with E-state index in [0.29, 0.717) is 54.4 Å². The predicted molar refractivity (Wildman–Crippen MR) is 204 cm³/mol. The van der Waals surface area contributed by atoms with Crippen molar-refractivity contribution >= 4 is 53.4 Å². The molecule has 2 heterocycles. The first-order valence-electron chi connectivity index (χ1n) is 16.2. The van der Waals surface area contributed by atoms with E-state index in [9.17, 15) is 9.59 Å². The van der Waals surface area contributed by atoms with E-state index in [2.05, 4.69) is 37.8 Å². The minimum Gasteiger partial charge on any atom is -0.493 e. The highest BCUT2D eigenvalue weighted by Crippen LogP contribution is 2.46. The van der Waals surface area contributed by atoms with Crippen LogP contribution in [0.1, 0.15) is 75.9 Å². The largest absolute Gasteiger partial charge is 0.493 e. The van der Waals surface area contributed by atoms with Crippen LogP contribution in [-0.4, -0.2) is 90.8 Å². The molecule has 11 heteroatoms. The third-order valence-corrected chi connectivity index (χ3v) is 9.30. The van der Waals surface area contributed by atoms with Gasteiger partial charge in [0, 0.05) is 50.3 Å². The van der Waals surface area contributed by atoms with Crippen molar-refractivity contribution in [2.75, 3.05) is 53.4 Å². The summed E-state index contributed by atoms with van der Waals surface area (Å²) in [6, 6.07) is 20.5. The Morgan fingerprint density at radius 3 is 2.08 bits per heavy atom. The molecular formula is C38H50Cl3N5O3. The molecule has 2 aliphatic heterocycles. The Hall–Kier alpha value is -3.30. The van der Waals surface area contributed by atoms with Gasteiger partial charge in [0.15, 0.2) is 0 Å². The smallest absolute Gasteiger partial charge is 0.326 e. The van der Waals surface area contributed by atoms with Crippen LogP contribution in [0.2, 0.25) is 10.0 Å². The lowest BCUT2D eigenvalue weighted by Crippen LogP contribution is -2.48. The molecule has 2 atom stereocenters. The molecule has 3 aromatic carbocycles. The van der Waals surface area contributed by atoms with E-state index in [4.69, 9.17) is 32.9 Å². The summed E-state index contributed by atoms with van der Waals surface area (Å²) in [6.45, 7) is 11.7. The van der Waals surface area contributed by atoms with Gasteiger partial charge in [0.1, 0.15) is 17.6 Å². The number of likely N-dealkylation sites (N-methyl/N-ethyl adjacent to an activating group) is 1. The summed E-state index contributed by atoms with van der Waals surface area (Å²) in [5.74, 6) is 1.30. The number of halogens is 3. The standard InChI is InChI=1S/C37H45Cl2N5O3.CH4.ClH/c1-7-47-31-23-27(37(2,3)4)13-18-30(31)35-40-33(25-9-14-28(38)15-10-25)34(26-11-16-29(39)17-12-26)44(35)36(46)43-20-8-19-42(21-22-43)24-32(45)41(5)6;;/h9-18,23,33-34H,7-8,19-22,24H2,1-6H3;1H4;1H/t33-,34+;;/m0../s1. The highest BCUT2D eigenvalue weighted by molar-refractivity contribution is 6.30. The van der Waals surface area contributed by atoms with Crippen LogP contribution in [0, 0.1) is 0 Å². The molecule has 266 valence electrons. The maximum Gasteiger partial charge on any atom is 0.326 e. The first-order valence-corrected chi connectivity index (χ1v) is 17.0. The maximum atomic E-state index is 14.9. The van der Waals surface area contributed by atoms with Crippen molar-refractivity contribution in [3.63, 3.8) is 0 Å². The highest BCUT2D eigenvalue weighted by Gasteiger charge is 2.45. The molecule has 0 bridgehead atoms. The SMILES string of the molecule is C.CCOc1cc(C(C)(C)C)ccc1C1=N[C@@H](c2ccc(Cl)cc2)[C@@H](c2ccc(Cl)cc2)N1C(=O)N1CCCN(CC(=O)N(C)C)CC1.Cl.